The van der Waals surface area contributed by atoms with E-state index in [4.69, 9.17) is 0 Å². The number of hydrogen-bond acceptors (Lipinski definition) is 4. The highest BCUT2D eigenvalue weighted by Crippen LogP contribution is 2.26. The Labute approximate surface area is 162 Å². The zero-order chi connectivity index (χ0) is 19.9. The molecule has 2 heterocycles. The number of nitrogens with zero attached hydrogens (tertiary/aromatic N) is 4. The quantitative estimate of drug-likeness (QED) is 0.579. The van der Waals surface area contributed by atoms with Gasteiger partial charge in [-0.1, -0.05) is 17.3 Å². The standard InChI is InChI=1S/C22H21FN4O/c1-14-21(25-26-27(14)19-9-6-17(23)7-10-19)16-5-11-20-15(12-16)4-8-18(24-20)13-22(2,3)28/h4-12,28H,13H2,1-3H3. The molecule has 4 rings (SSSR count). The summed E-state index contributed by atoms with van der Waals surface area (Å²) in [6.07, 6.45) is 0.496. The van der Waals surface area contributed by atoms with Crippen LogP contribution in [0.5, 0.6) is 0 Å². The van der Waals surface area contributed by atoms with Crippen LogP contribution in [0.15, 0.2) is 54.6 Å². The van der Waals surface area contributed by atoms with Crippen LogP contribution in [0.25, 0.3) is 27.8 Å². The van der Waals surface area contributed by atoms with Crippen LogP contribution in [0.2, 0.25) is 0 Å². The van der Waals surface area contributed by atoms with Crippen LogP contribution >= 0.6 is 0 Å². The molecular weight excluding hydrogens is 355 g/mol. The van der Waals surface area contributed by atoms with Crippen molar-refractivity contribution in [2.24, 2.45) is 0 Å². The molecule has 0 bridgehead atoms. The largest absolute Gasteiger partial charge is 0.390 e. The Hall–Kier alpha value is -3.12. The van der Waals surface area contributed by atoms with Crippen molar-refractivity contribution in [1.82, 2.24) is 20.0 Å². The zero-order valence-corrected chi connectivity index (χ0v) is 16.0. The van der Waals surface area contributed by atoms with E-state index in [9.17, 15) is 9.50 Å². The van der Waals surface area contributed by atoms with E-state index in [1.165, 1.54) is 12.1 Å². The van der Waals surface area contributed by atoms with Gasteiger partial charge in [0.05, 0.1) is 22.5 Å². The molecule has 0 amide bonds. The first-order valence-electron chi connectivity index (χ1n) is 9.11. The Morgan fingerprint density at radius 1 is 1.04 bits per heavy atom. The minimum Gasteiger partial charge on any atom is -0.390 e. The van der Waals surface area contributed by atoms with Crippen LogP contribution in [0.3, 0.4) is 0 Å². The van der Waals surface area contributed by atoms with Gasteiger partial charge in [0.2, 0.25) is 0 Å². The molecule has 0 atom stereocenters. The number of hydrogen-bond donors (Lipinski definition) is 1. The number of fused-ring (bicyclic) bond motifs is 1. The first kappa shape index (κ1) is 18.3. The lowest BCUT2D eigenvalue weighted by molar-refractivity contribution is 0.0800. The molecule has 0 unspecified atom stereocenters. The van der Waals surface area contributed by atoms with Crippen molar-refractivity contribution in [1.29, 1.82) is 0 Å². The Balaban J connectivity index is 1.70. The molecule has 0 saturated heterocycles. The van der Waals surface area contributed by atoms with Gasteiger partial charge in [-0.3, -0.25) is 4.98 Å². The molecule has 0 aliphatic rings. The Bertz CT molecular complexity index is 1140. The highest BCUT2D eigenvalue weighted by atomic mass is 19.1. The Morgan fingerprint density at radius 2 is 1.79 bits per heavy atom. The normalized spacial score (nSPS) is 11.9. The number of pyridine rings is 1. The summed E-state index contributed by atoms with van der Waals surface area (Å²) in [6.45, 7) is 5.48. The second-order valence-corrected chi connectivity index (χ2v) is 7.61. The fourth-order valence-electron chi connectivity index (χ4n) is 3.28. The van der Waals surface area contributed by atoms with E-state index < -0.39 is 5.60 Å². The average Bonchev–Trinajstić information content (AvgIpc) is 3.02. The molecule has 0 saturated carbocycles. The van der Waals surface area contributed by atoms with Gasteiger partial charge in [0.15, 0.2) is 0 Å². The number of benzene rings is 2. The maximum atomic E-state index is 13.2. The zero-order valence-electron chi connectivity index (χ0n) is 16.0. The van der Waals surface area contributed by atoms with Crippen molar-refractivity contribution in [3.05, 3.63) is 71.8 Å². The van der Waals surface area contributed by atoms with Gasteiger partial charge in [-0.2, -0.15) is 0 Å². The van der Waals surface area contributed by atoms with Crippen LogP contribution in [0, 0.1) is 12.7 Å². The van der Waals surface area contributed by atoms with Gasteiger partial charge in [-0.05, 0) is 63.2 Å². The average molecular weight is 376 g/mol. The molecule has 2 aromatic carbocycles. The summed E-state index contributed by atoms with van der Waals surface area (Å²) in [7, 11) is 0. The molecule has 0 aliphatic carbocycles. The monoisotopic (exact) mass is 376 g/mol. The number of aliphatic hydroxyl groups is 1. The topological polar surface area (TPSA) is 63.8 Å². The maximum absolute atomic E-state index is 13.2. The first-order valence-corrected chi connectivity index (χ1v) is 9.11. The van der Waals surface area contributed by atoms with Gasteiger partial charge in [-0.25, -0.2) is 9.07 Å². The van der Waals surface area contributed by atoms with Crippen LogP contribution in [-0.2, 0) is 6.42 Å². The fraction of sp³-hybridized carbons (Fsp3) is 0.227. The SMILES string of the molecule is Cc1c(-c2ccc3nc(CC(C)(C)O)ccc3c2)nnn1-c1ccc(F)cc1. The van der Waals surface area contributed by atoms with Crippen LogP contribution in [0.4, 0.5) is 4.39 Å². The van der Waals surface area contributed by atoms with Gasteiger partial charge in [-0.15, -0.1) is 5.10 Å². The predicted molar refractivity (Wildman–Crippen MR) is 107 cm³/mol. The summed E-state index contributed by atoms with van der Waals surface area (Å²) in [5.41, 5.74) is 4.27. The second kappa shape index (κ2) is 6.80. The van der Waals surface area contributed by atoms with Crippen molar-refractivity contribution in [3.63, 3.8) is 0 Å². The highest BCUT2D eigenvalue weighted by molar-refractivity contribution is 5.84. The first-order chi connectivity index (χ1) is 13.3. The molecule has 1 N–H and O–H groups in total. The lowest BCUT2D eigenvalue weighted by Gasteiger charge is -2.16. The van der Waals surface area contributed by atoms with Crippen molar-refractivity contribution >= 4 is 10.9 Å². The van der Waals surface area contributed by atoms with E-state index in [0.717, 1.165) is 39.2 Å². The van der Waals surface area contributed by atoms with Gasteiger partial charge in [0.1, 0.15) is 11.5 Å². The van der Waals surface area contributed by atoms with E-state index in [0.29, 0.717) is 6.42 Å². The summed E-state index contributed by atoms with van der Waals surface area (Å²) < 4.78 is 14.9. The lowest BCUT2D eigenvalue weighted by atomic mass is 10.0. The van der Waals surface area contributed by atoms with Gasteiger partial charge < -0.3 is 5.11 Å². The fourth-order valence-corrected chi connectivity index (χ4v) is 3.28. The van der Waals surface area contributed by atoms with E-state index in [-0.39, 0.29) is 5.82 Å². The molecule has 0 fully saturated rings. The smallest absolute Gasteiger partial charge is 0.123 e. The van der Waals surface area contributed by atoms with Crippen molar-refractivity contribution in [2.45, 2.75) is 32.8 Å². The van der Waals surface area contributed by atoms with E-state index >= 15 is 0 Å². The molecule has 5 nitrogen and oxygen atoms in total. The van der Waals surface area contributed by atoms with Gasteiger partial charge >= 0.3 is 0 Å². The molecule has 0 radical (unpaired) electrons. The number of aromatic nitrogens is 4. The minimum absolute atomic E-state index is 0.285. The Kier molecular flexibility index (Phi) is 4.43. The molecular formula is C22H21FN4O. The van der Waals surface area contributed by atoms with Crippen LogP contribution < -0.4 is 0 Å². The molecule has 142 valence electrons. The van der Waals surface area contributed by atoms with E-state index in [2.05, 4.69) is 15.3 Å². The molecule has 28 heavy (non-hydrogen) atoms. The Morgan fingerprint density at radius 3 is 2.50 bits per heavy atom. The summed E-state index contributed by atoms with van der Waals surface area (Å²) in [5, 5.41) is 19.5. The number of halogens is 1. The second-order valence-electron chi connectivity index (χ2n) is 7.61. The van der Waals surface area contributed by atoms with E-state index in [1.54, 1.807) is 30.7 Å². The summed E-state index contributed by atoms with van der Waals surface area (Å²) in [4.78, 5) is 4.64. The van der Waals surface area contributed by atoms with Crippen LogP contribution in [-0.4, -0.2) is 30.7 Å². The summed E-state index contributed by atoms with van der Waals surface area (Å²) in [5.74, 6) is -0.285. The van der Waals surface area contributed by atoms with Crippen molar-refractivity contribution in [3.8, 4) is 16.9 Å². The molecule has 0 spiro atoms. The third-order valence-electron chi connectivity index (χ3n) is 4.60. The highest BCUT2D eigenvalue weighted by Gasteiger charge is 2.16. The van der Waals surface area contributed by atoms with Crippen molar-refractivity contribution < 1.29 is 9.50 Å². The van der Waals surface area contributed by atoms with E-state index in [1.807, 2.05) is 37.3 Å². The third kappa shape index (κ3) is 3.64. The lowest BCUT2D eigenvalue weighted by Crippen LogP contribution is -2.22. The third-order valence-corrected chi connectivity index (χ3v) is 4.60. The van der Waals surface area contributed by atoms with Crippen molar-refractivity contribution in [2.75, 3.05) is 0 Å². The molecule has 0 aliphatic heterocycles. The van der Waals surface area contributed by atoms with Gasteiger partial charge in [0, 0.05) is 23.1 Å². The minimum atomic E-state index is -0.795. The molecule has 4 aromatic rings. The molecule has 2 aromatic heterocycles. The predicted octanol–water partition coefficient (Wildman–Crippen LogP) is 4.24. The van der Waals surface area contributed by atoms with Gasteiger partial charge in [0.25, 0.3) is 0 Å². The maximum Gasteiger partial charge on any atom is 0.123 e. The number of rotatable bonds is 4. The summed E-state index contributed by atoms with van der Waals surface area (Å²) >= 11 is 0. The summed E-state index contributed by atoms with van der Waals surface area (Å²) in [6, 6.07) is 16.1. The van der Waals surface area contributed by atoms with Crippen LogP contribution in [0.1, 0.15) is 25.2 Å². The molecule has 6 heteroatoms.